The fraction of sp³-hybridized carbons (Fsp3) is 0.510. The average Bonchev–Trinajstić information content (AvgIpc) is 3.87. The summed E-state index contributed by atoms with van der Waals surface area (Å²) in [4.78, 5) is 0. The van der Waals surface area contributed by atoms with E-state index in [1.807, 2.05) is 0 Å². The molecule has 0 bridgehead atoms. The van der Waals surface area contributed by atoms with Crippen LogP contribution in [0.25, 0.3) is 32.7 Å². The molecular formula is C49H80KN3OSi3. The second-order valence-corrected chi connectivity index (χ2v) is 31.3. The topological polar surface area (TPSA) is 37.9 Å². The van der Waals surface area contributed by atoms with E-state index in [0.717, 1.165) is 0 Å². The maximum atomic E-state index is 10.1. The van der Waals surface area contributed by atoms with Crippen molar-refractivity contribution >= 4 is 68.2 Å². The number of hydrogen-bond donors (Lipinski definition) is 0. The largest absolute Gasteiger partial charge is 1.00 e. The van der Waals surface area contributed by atoms with E-state index >= 15 is 0 Å². The Morgan fingerprint density at radius 1 is 0.544 bits per heavy atom. The Bertz CT molecular complexity index is 1960. The number of aromatic nitrogens is 3. The van der Waals surface area contributed by atoms with E-state index in [1.54, 1.807) is 31.3 Å². The Labute approximate surface area is 395 Å². The number of para-hydroxylation sites is 3. The zero-order chi connectivity index (χ0) is 42.1. The summed E-state index contributed by atoms with van der Waals surface area (Å²) in [6.07, 6.45) is 4.47. The van der Waals surface area contributed by atoms with Crippen LogP contribution in [-0.2, 0) is 21.1 Å². The van der Waals surface area contributed by atoms with Gasteiger partial charge in [0.05, 0.1) is 8.07 Å². The Hall–Kier alpha value is -1.47. The molecule has 0 spiro atoms. The Balaban J connectivity index is 0.000000379. The molecule has 3 aromatic heterocycles. The Morgan fingerprint density at radius 3 is 1.39 bits per heavy atom. The molecule has 0 aliphatic carbocycles. The Morgan fingerprint density at radius 2 is 0.965 bits per heavy atom. The fourth-order valence-corrected chi connectivity index (χ4v) is 17.8. The zero-order valence-corrected chi connectivity index (χ0v) is 45.7. The summed E-state index contributed by atoms with van der Waals surface area (Å²) in [5.41, 5.74) is 3.31. The predicted octanol–water partition coefficient (Wildman–Crippen LogP) is 9.39. The van der Waals surface area contributed by atoms with Crippen LogP contribution in [0.4, 0.5) is 0 Å². The second-order valence-electron chi connectivity index (χ2n) is 16.7. The molecule has 3 aromatic carbocycles. The minimum absolute atomic E-state index is 0. The average molecular weight is 851 g/mol. The number of rotatable bonds is 11. The first-order valence-electron chi connectivity index (χ1n) is 21.9. The number of nitrogens with zero attached hydrogens (tertiary/aromatic N) is 3. The van der Waals surface area contributed by atoms with Gasteiger partial charge in [0.15, 0.2) is 0 Å². The van der Waals surface area contributed by atoms with Crippen molar-refractivity contribution in [3.63, 3.8) is 0 Å². The zero-order valence-electron chi connectivity index (χ0n) is 39.4. The Kier molecular flexibility index (Phi) is 24.4. The van der Waals surface area contributed by atoms with E-state index in [2.05, 4.69) is 194 Å². The molecule has 6 rings (SSSR count). The molecule has 0 atom stereocenters. The van der Waals surface area contributed by atoms with Crippen LogP contribution in [0.5, 0.6) is 0 Å². The minimum atomic E-state index is -1.26. The van der Waals surface area contributed by atoms with Crippen molar-refractivity contribution in [1.29, 1.82) is 0 Å². The van der Waals surface area contributed by atoms with E-state index in [0.29, 0.717) is 0 Å². The molecule has 0 unspecified atom stereocenters. The molecule has 57 heavy (non-hydrogen) atoms. The van der Waals surface area contributed by atoms with Crippen molar-refractivity contribution in [1.82, 2.24) is 13.7 Å². The SMILES string of the molecule is CC(C)(C)[O-].CC[SiH](CC)CC.CC[Si](CC)(CC)c1cc2ccccc2n1C.CC[Si](CC)(CC)c1cn(C)c2ccccc12.Cn1ccc2ccccc21.[K+]. The molecule has 0 N–H and O–H groups in total. The molecule has 6 aromatic rings. The monoisotopic (exact) mass is 850 g/mol. The van der Waals surface area contributed by atoms with Crippen molar-refractivity contribution < 1.29 is 56.5 Å². The smallest absolute Gasteiger partial charge is 0.850 e. The number of hydrogen-bond acceptors (Lipinski definition) is 1. The van der Waals surface area contributed by atoms with E-state index in [9.17, 15) is 5.11 Å². The van der Waals surface area contributed by atoms with Crippen LogP contribution in [0.3, 0.4) is 0 Å². The summed E-state index contributed by atoms with van der Waals surface area (Å²) in [5.74, 6) is 0. The predicted molar refractivity (Wildman–Crippen MR) is 261 cm³/mol. The van der Waals surface area contributed by atoms with Crippen LogP contribution >= 0.6 is 0 Å². The van der Waals surface area contributed by atoms with Crippen molar-refractivity contribution in [3.8, 4) is 0 Å². The van der Waals surface area contributed by atoms with Crippen LogP contribution < -0.4 is 67.0 Å². The van der Waals surface area contributed by atoms with E-state index in [-0.39, 0.29) is 60.2 Å². The first kappa shape index (κ1) is 53.5. The van der Waals surface area contributed by atoms with Gasteiger partial charge in [-0.05, 0) is 51.7 Å². The van der Waals surface area contributed by atoms with E-state index in [4.69, 9.17) is 0 Å². The maximum absolute atomic E-state index is 10.1. The molecule has 0 radical (unpaired) electrons. The maximum Gasteiger partial charge on any atom is 1.00 e. The van der Waals surface area contributed by atoms with Crippen molar-refractivity contribution in [2.75, 3.05) is 0 Å². The first-order valence-corrected chi connectivity index (χ1v) is 29.6. The second kappa shape index (κ2) is 26.0. The van der Waals surface area contributed by atoms with Crippen LogP contribution in [0.2, 0.25) is 54.4 Å². The fourth-order valence-electron chi connectivity index (χ4n) is 8.26. The van der Waals surface area contributed by atoms with Gasteiger partial charge in [-0.3, -0.25) is 0 Å². The molecule has 0 saturated heterocycles. The minimum Gasteiger partial charge on any atom is -0.850 e. The molecule has 8 heteroatoms. The van der Waals surface area contributed by atoms with E-state index < -0.39 is 21.7 Å². The van der Waals surface area contributed by atoms with Crippen LogP contribution in [0, 0.1) is 0 Å². The summed E-state index contributed by atoms with van der Waals surface area (Å²) in [5, 5.41) is 17.6. The van der Waals surface area contributed by atoms with Gasteiger partial charge in [0.2, 0.25) is 0 Å². The molecule has 310 valence electrons. The van der Waals surface area contributed by atoms with Gasteiger partial charge in [-0.25, -0.2) is 0 Å². The number of benzene rings is 3. The van der Waals surface area contributed by atoms with Crippen molar-refractivity contribution in [2.24, 2.45) is 21.1 Å². The molecule has 4 nitrogen and oxygen atoms in total. The summed E-state index contributed by atoms with van der Waals surface area (Å²) in [6.45, 7) is 26.1. The van der Waals surface area contributed by atoms with Crippen molar-refractivity contribution in [3.05, 3.63) is 97.3 Å². The van der Waals surface area contributed by atoms with Crippen molar-refractivity contribution in [2.45, 2.75) is 143 Å². The molecule has 0 fully saturated rings. The molecule has 0 aliphatic heterocycles. The van der Waals surface area contributed by atoms with Gasteiger partial charge in [0.25, 0.3) is 0 Å². The quantitative estimate of drug-likeness (QED) is 0.120. The van der Waals surface area contributed by atoms with Gasteiger partial charge < -0.3 is 18.8 Å². The molecule has 0 aliphatic rings. The van der Waals surface area contributed by atoms with E-state index in [1.165, 1.54) is 87.1 Å². The number of aryl methyl sites for hydroxylation is 3. The summed E-state index contributed by atoms with van der Waals surface area (Å²) >= 11 is 0. The summed E-state index contributed by atoms with van der Waals surface area (Å²) in [6, 6.07) is 43.1. The van der Waals surface area contributed by atoms with Gasteiger partial charge in [-0.1, -0.05) is 192 Å². The molecule has 0 amide bonds. The van der Waals surface area contributed by atoms with Gasteiger partial charge in [-0.15, -0.1) is 5.60 Å². The number of fused-ring (bicyclic) bond motifs is 3. The third kappa shape index (κ3) is 14.9. The molecular weight excluding hydrogens is 770 g/mol. The molecule has 3 heterocycles. The third-order valence-electron chi connectivity index (χ3n) is 12.6. The summed E-state index contributed by atoms with van der Waals surface area (Å²) in [7, 11) is 3.78. The van der Waals surface area contributed by atoms with Crippen LogP contribution in [-0.4, -0.2) is 44.2 Å². The van der Waals surface area contributed by atoms with Crippen LogP contribution in [0.1, 0.15) is 83.1 Å². The molecule has 0 saturated carbocycles. The van der Waals surface area contributed by atoms with Gasteiger partial charge in [0.1, 0.15) is 8.07 Å². The normalized spacial score (nSPS) is 11.5. The third-order valence-corrected chi connectivity index (χ3v) is 27.2. The van der Waals surface area contributed by atoms with Crippen LogP contribution in [0.15, 0.2) is 97.3 Å². The summed E-state index contributed by atoms with van der Waals surface area (Å²) < 4.78 is 6.86. The van der Waals surface area contributed by atoms with Gasteiger partial charge in [-0.2, -0.15) is 0 Å². The first-order chi connectivity index (χ1) is 26.6. The standard InChI is InChI=1S/2C15H23NSi.C9H9N.C6H16Si.C4H9O.K/c1-5-17(6-2,7-3)15-12-16(4)14-11-9-8-10-13(14)15;1-5-17(6-2,7-3)15-12-13-10-8-9-11-14(13)16(15)4;1-10-7-6-8-4-2-3-5-9(8)10;1-4-7(5-2)6-3;1-4(2,3)5;/h2*8-12H,5-7H2,1-4H3;2-7H,1H3;7H,4-6H2,1-3H3;1-3H3;/q;;;;-1;+1. The van der Waals surface area contributed by atoms with Gasteiger partial charge >= 0.3 is 51.4 Å². The van der Waals surface area contributed by atoms with Gasteiger partial charge in [0, 0.05) is 64.2 Å².